The molecule has 1 aliphatic heterocycles. The van der Waals surface area contributed by atoms with Crippen LogP contribution in [0.15, 0.2) is 5.16 Å². The molecule has 1 saturated heterocycles. The lowest BCUT2D eigenvalue weighted by atomic mass is 10.0. The summed E-state index contributed by atoms with van der Waals surface area (Å²) in [4.78, 5) is 11.8. The number of nitrogens with one attached hydrogen (secondary N) is 1. The van der Waals surface area contributed by atoms with Crippen LogP contribution in [0.2, 0.25) is 0 Å². The van der Waals surface area contributed by atoms with Crippen LogP contribution in [0.4, 0.5) is 0 Å². The Hall–Kier alpha value is -1.30. The van der Waals surface area contributed by atoms with Crippen LogP contribution < -0.4 is 11.1 Å². The minimum Gasteiger partial charge on any atom is -0.409 e. The Morgan fingerprint density at radius 2 is 2.37 bits per heavy atom. The second-order valence-electron chi connectivity index (χ2n) is 5.00. The first-order valence-electron chi connectivity index (χ1n) is 7.03. The third kappa shape index (κ3) is 6.42. The summed E-state index contributed by atoms with van der Waals surface area (Å²) in [5.41, 5.74) is 5.44. The number of carbonyl (C=O) groups is 1. The lowest BCUT2D eigenvalue weighted by Crippen LogP contribution is -2.38. The molecule has 6 heteroatoms. The zero-order chi connectivity index (χ0) is 14.1. The summed E-state index contributed by atoms with van der Waals surface area (Å²) < 4.78 is 5.59. The largest absolute Gasteiger partial charge is 0.409 e. The molecule has 0 bridgehead atoms. The van der Waals surface area contributed by atoms with Gasteiger partial charge in [0.05, 0.1) is 6.10 Å². The zero-order valence-electron chi connectivity index (χ0n) is 11.6. The molecule has 1 heterocycles. The van der Waals surface area contributed by atoms with Gasteiger partial charge in [-0.1, -0.05) is 12.1 Å². The molecule has 19 heavy (non-hydrogen) atoms. The van der Waals surface area contributed by atoms with Gasteiger partial charge in [-0.25, -0.2) is 0 Å². The summed E-state index contributed by atoms with van der Waals surface area (Å²) in [5.74, 6) is 0.148. The van der Waals surface area contributed by atoms with Crippen molar-refractivity contribution >= 4 is 11.7 Å². The molecule has 0 saturated carbocycles. The number of nitrogens with zero attached hydrogens (tertiary/aromatic N) is 1. The van der Waals surface area contributed by atoms with Gasteiger partial charge in [-0.3, -0.25) is 4.79 Å². The molecule has 0 radical (unpaired) electrons. The van der Waals surface area contributed by atoms with E-state index in [0.717, 1.165) is 32.3 Å². The van der Waals surface area contributed by atoms with Crippen molar-refractivity contribution in [1.82, 2.24) is 5.32 Å². The molecule has 0 aromatic carbocycles. The molecule has 6 nitrogen and oxygen atoms in total. The molecule has 1 aliphatic rings. The quantitative estimate of drug-likeness (QED) is 0.282. The third-order valence-electron chi connectivity index (χ3n) is 3.41. The molecule has 2 atom stereocenters. The van der Waals surface area contributed by atoms with E-state index in [1.54, 1.807) is 0 Å². The van der Waals surface area contributed by atoms with Crippen molar-refractivity contribution in [1.29, 1.82) is 0 Å². The topological polar surface area (TPSA) is 96.9 Å². The Bertz CT molecular complexity index is 302. The van der Waals surface area contributed by atoms with Crippen LogP contribution in [-0.2, 0) is 9.53 Å². The summed E-state index contributed by atoms with van der Waals surface area (Å²) in [6.45, 7) is 2.77. The van der Waals surface area contributed by atoms with Crippen LogP contribution in [-0.4, -0.2) is 35.7 Å². The van der Waals surface area contributed by atoms with Crippen molar-refractivity contribution in [3.05, 3.63) is 0 Å². The molecular weight excluding hydrogens is 246 g/mol. The van der Waals surface area contributed by atoms with E-state index in [0.29, 0.717) is 12.8 Å². The first-order valence-corrected chi connectivity index (χ1v) is 7.03. The average Bonchev–Trinajstić information content (AvgIpc) is 2.45. The van der Waals surface area contributed by atoms with Gasteiger partial charge in [-0.05, 0) is 32.1 Å². The van der Waals surface area contributed by atoms with Gasteiger partial charge in [0.15, 0.2) is 0 Å². The van der Waals surface area contributed by atoms with Crippen LogP contribution in [0, 0.1) is 0 Å². The normalized spacial score (nSPS) is 21.9. The summed E-state index contributed by atoms with van der Waals surface area (Å²) >= 11 is 0. The van der Waals surface area contributed by atoms with Gasteiger partial charge < -0.3 is 21.0 Å². The van der Waals surface area contributed by atoms with Crippen LogP contribution in [0.3, 0.4) is 0 Å². The van der Waals surface area contributed by atoms with E-state index in [2.05, 4.69) is 10.5 Å². The number of rotatable bonds is 7. The van der Waals surface area contributed by atoms with E-state index in [-0.39, 0.29) is 23.9 Å². The van der Waals surface area contributed by atoms with E-state index in [4.69, 9.17) is 15.7 Å². The standard InChI is InChI=1S/C13H25N3O3/c1-2-10(9-12(14)16-18)15-13(17)7-6-11-5-3-4-8-19-11/h10-11,18H,2-9H2,1H3,(H2,14,16)(H,15,17). The minimum absolute atomic E-state index is 0.00626. The maximum atomic E-state index is 11.8. The lowest BCUT2D eigenvalue weighted by Gasteiger charge is -2.23. The van der Waals surface area contributed by atoms with E-state index in [1.165, 1.54) is 6.42 Å². The number of hydrogen-bond acceptors (Lipinski definition) is 4. The average molecular weight is 271 g/mol. The van der Waals surface area contributed by atoms with Crippen LogP contribution in [0.5, 0.6) is 0 Å². The molecule has 4 N–H and O–H groups in total. The van der Waals surface area contributed by atoms with E-state index in [1.807, 2.05) is 6.92 Å². The number of amidine groups is 1. The molecule has 2 unspecified atom stereocenters. The third-order valence-corrected chi connectivity index (χ3v) is 3.41. The number of carbonyl (C=O) groups excluding carboxylic acids is 1. The monoisotopic (exact) mass is 271 g/mol. The first kappa shape index (κ1) is 15.8. The summed E-state index contributed by atoms with van der Waals surface area (Å²) in [5, 5.41) is 14.4. The van der Waals surface area contributed by atoms with Gasteiger partial charge in [0.1, 0.15) is 5.84 Å². The summed E-state index contributed by atoms with van der Waals surface area (Å²) in [7, 11) is 0. The minimum atomic E-state index is -0.0734. The van der Waals surface area contributed by atoms with E-state index in [9.17, 15) is 4.79 Å². The fourth-order valence-electron chi connectivity index (χ4n) is 2.22. The molecule has 1 fully saturated rings. The molecular formula is C13H25N3O3. The highest BCUT2D eigenvalue weighted by Crippen LogP contribution is 2.16. The van der Waals surface area contributed by atoms with Crippen molar-refractivity contribution in [3.63, 3.8) is 0 Å². The SMILES string of the molecule is CCC(CC(N)=NO)NC(=O)CCC1CCCCO1. The molecule has 0 aliphatic carbocycles. The van der Waals surface area contributed by atoms with Gasteiger partial charge in [0, 0.05) is 25.5 Å². The molecule has 1 amide bonds. The summed E-state index contributed by atoms with van der Waals surface area (Å²) in [6.07, 6.45) is 5.95. The fraction of sp³-hybridized carbons (Fsp3) is 0.846. The smallest absolute Gasteiger partial charge is 0.220 e. The van der Waals surface area contributed by atoms with Gasteiger partial charge >= 0.3 is 0 Å². The highest BCUT2D eigenvalue weighted by atomic mass is 16.5. The Kier molecular flexibility index (Phi) is 7.25. The first-order chi connectivity index (χ1) is 9.15. The highest BCUT2D eigenvalue weighted by Gasteiger charge is 2.17. The molecule has 0 aromatic heterocycles. The van der Waals surface area contributed by atoms with E-state index >= 15 is 0 Å². The van der Waals surface area contributed by atoms with Crippen LogP contribution >= 0.6 is 0 Å². The van der Waals surface area contributed by atoms with Gasteiger partial charge in [0.2, 0.25) is 5.91 Å². The fourth-order valence-corrected chi connectivity index (χ4v) is 2.22. The number of amides is 1. The molecule has 0 spiro atoms. The van der Waals surface area contributed by atoms with Crippen LogP contribution in [0.25, 0.3) is 0 Å². The molecule has 0 aromatic rings. The Morgan fingerprint density at radius 1 is 1.58 bits per heavy atom. The number of oxime groups is 1. The van der Waals surface area contributed by atoms with Gasteiger partial charge in [-0.2, -0.15) is 0 Å². The number of hydrogen-bond donors (Lipinski definition) is 3. The predicted molar refractivity (Wildman–Crippen MR) is 73.1 cm³/mol. The number of ether oxygens (including phenoxy) is 1. The predicted octanol–water partition coefficient (Wildman–Crippen LogP) is 1.37. The van der Waals surface area contributed by atoms with Crippen molar-refractivity contribution in [2.45, 2.75) is 64.0 Å². The number of nitrogens with two attached hydrogens (primary N) is 1. The maximum Gasteiger partial charge on any atom is 0.220 e. The van der Waals surface area contributed by atoms with Gasteiger partial charge in [-0.15, -0.1) is 0 Å². The second-order valence-corrected chi connectivity index (χ2v) is 5.00. The van der Waals surface area contributed by atoms with E-state index < -0.39 is 0 Å². The zero-order valence-corrected chi connectivity index (χ0v) is 11.6. The molecule has 1 rings (SSSR count). The Balaban J connectivity index is 2.24. The molecule has 110 valence electrons. The van der Waals surface area contributed by atoms with Gasteiger partial charge in [0.25, 0.3) is 0 Å². The van der Waals surface area contributed by atoms with Crippen molar-refractivity contribution in [2.24, 2.45) is 10.9 Å². The van der Waals surface area contributed by atoms with Crippen LogP contribution in [0.1, 0.15) is 51.9 Å². The Morgan fingerprint density at radius 3 is 2.95 bits per heavy atom. The van der Waals surface area contributed by atoms with Crippen molar-refractivity contribution in [3.8, 4) is 0 Å². The summed E-state index contributed by atoms with van der Waals surface area (Å²) in [6, 6.07) is -0.0734. The van der Waals surface area contributed by atoms with Crippen molar-refractivity contribution < 1.29 is 14.7 Å². The highest BCUT2D eigenvalue weighted by molar-refractivity contribution is 5.82. The Labute approximate surface area is 114 Å². The second kappa shape index (κ2) is 8.74. The lowest BCUT2D eigenvalue weighted by molar-refractivity contribution is -0.122. The van der Waals surface area contributed by atoms with Crippen molar-refractivity contribution in [2.75, 3.05) is 6.61 Å². The maximum absolute atomic E-state index is 11.8.